The molecule has 2 N–H and O–H groups in total. The Bertz CT molecular complexity index is 929. The van der Waals surface area contributed by atoms with E-state index in [9.17, 15) is 4.79 Å². The second-order valence-corrected chi connectivity index (χ2v) is 12.0. The van der Waals surface area contributed by atoms with E-state index in [1.54, 1.807) is 7.11 Å². The molecule has 4 saturated carbocycles. The summed E-state index contributed by atoms with van der Waals surface area (Å²) in [5.74, 6) is 1.94. The van der Waals surface area contributed by atoms with Crippen LogP contribution in [0.5, 0.6) is 0 Å². The average Bonchev–Trinajstić information content (AvgIpc) is 3.63. The number of hydrogen-bond acceptors (Lipinski definition) is 4. The molecule has 1 unspecified atom stereocenters. The second-order valence-electron chi connectivity index (χ2n) is 12.0. The normalized spacial score (nSPS) is 35.7. The lowest BCUT2D eigenvalue weighted by atomic mass is 9.61. The minimum Gasteiger partial charge on any atom is -0.381 e. The van der Waals surface area contributed by atoms with Crippen molar-refractivity contribution < 1.29 is 9.53 Å². The third kappa shape index (κ3) is 4.43. The van der Waals surface area contributed by atoms with E-state index in [0.717, 1.165) is 55.6 Å². The molecule has 4 fully saturated rings. The SMILES string of the molecule is C=C1CC2(CCC(OC)CC2)C2(N=C(N)N(CC3CCCCC3)C2=O)C1=CC(=CC)CCC1CC1. The van der Waals surface area contributed by atoms with Crippen LogP contribution in [0.1, 0.15) is 96.8 Å². The maximum Gasteiger partial charge on any atom is 0.262 e. The highest BCUT2D eigenvalue weighted by molar-refractivity contribution is 6.10. The van der Waals surface area contributed by atoms with Gasteiger partial charge in [0.05, 0.1) is 6.10 Å². The average molecular weight is 480 g/mol. The number of nitrogens with two attached hydrogens (primary N) is 1. The van der Waals surface area contributed by atoms with E-state index in [4.69, 9.17) is 15.5 Å². The van der Waals surface area contributed by atoms with E-state index in [2.05, 4.69) is 25.7 Å². The minimum atomic E-state index is -0.921. The first-order valence-corrected chi connectivity index (χ1v) is 14.2. The predicted molar refractivity (Wildman–Crippen MR) is 142 cm³/mol. The number of rotatable bonds is 7. The summed E-state index contributed by atoms with van der Waals surface area (Å²) < 4.78 is 5.71. The number of fused-ring (bicyclic) bond motifs is 1. The van der Waals surface area contributed by atoms with Crippen LogP contribution < -0.4 is 5.73 Å². The van der Waals surface area contributed by atoms with Gasteiger partial charge >= 0.3 is 0 Å². The van der Waals surface area contributed by atoms with Crippen molar-refractivity contribution >= 4 is 11.9 Å². The van der Waals surface area contributed by atoms with E-state index in [-0.39, 0.29) is 17.4 Å². The first kappa shape index (κ1) is 24.8. The number of ether oxygens (including phenoxy) is 1. The summed E-state index contributed by atoms with van der Waals surface area (Å²) in [5.41, 5.74) is 8.88. The van der Waals surface area contributed by atoms with Crippen molar-refractivity contribution in [1.82, 2.24) is 4.90 Å². The van der Waals surface area contributed by atoms with Crippen LogP contribution in [0.25, 0.3) is 0 Å². The van der Waals surface area contributed by atoms with Crippen LogP contribution in [0.15, 0.2) is 40.4 Å². The predicted octanol–water partition coefficient (Wildman–Crippen LogP) is 6.06. The fourth-order valence-electron chi connectivity index (χ4n) is 7.46. The molecule has 1 amide bonds. The molecule has 35 heavy (non-hydrogen) atoms. The van der Waals surface area contributed by atoms with Gasteiger partial charge in [0.2, 0.25) is 0 Å². The van der Waals surface area contributed by atoms with Crippen LogP contribution in [-0.4, -0.2) is 42.1 Å². The van der Waals surface area contributed by atoms with Crippen LogP contribution >= 0.6 is 0 Å². The van der Waals surface area contributed by atoms with Crippen LogP contribution in [-0.2, 0) is 9.53 Å². The molecule has 1 heterocycles. The number of nitrogens with zero attached hydrogens (tertiary/aromatic N) is 2. The fraction of sp³-hybridized carbons (Fsp3) is 0.733. The van der Waals surface area contributed by atoms with Crippen LogP contribution in [0.3, 0.4) is 0 Å². The van der Waals surface area contributed by atoms with E-state index < -0.39 is 5.54 Å². The molecular weight excluding hydrogens is 434 g/mol. The number of amides is 1. The molecule has 192 valence electrons. The fourth-order valence-corrected chi connectivity index (χ4v) is 7.46. The zero-order valence-corrected chi connectivity index (χ0v) is 22.0. The van der Waals surface area contributed by atoms with E-state index >= 15 is 0 Å². The molecular formula is C30H45N3O2. The van der Waals surface area contributed by atoms with Gasteiger partial charge in [-0.05, 0) is 87.7 Å². The number of carbonyl (C=O) groups is 1. The van der Waals surface area contributed by atoms with Crippen LogP contribution in [0.4, 0.5) is 0 Å². The molecule has 5 aliphatic rings. The maximum atomic E-state index is 14.5. The zero-order valence-electron chi connectivity index (χ0n) is 22.0. The lowest BCUT2D eigenvalue weighted by Gasteiger charge is -2.45. The molecule has 1 aliphatic heterocycles. The highest BCUT2D eigenvalue weighted by Gasteiger charge is 2.67. The van der Waals surface area contributed by atoms with Crippen molar-refractivity contribution in [2.45, 2.75) is 108 Å². The van der Waals surface area contributed by atoms with Gasteiger partial charge in [-0.25, -0.2) is 4.99 Å². The lowest BCUT2D eigenvalue weighted by Crippen LogP contribution is -2.54. The molecule has 0 bridgehead atoms. The molecule has 4 aliphatic carbocycles. The molecule has 5 rings (SSSR count). The Balaban J connectivity index is 1.51. The van der Waals surface area contributed by atoms with Crippen molar-refractivity contribution in [3.8, 4) is 0 Å². The van der Waals surface area contributed by atoms with Crippen LogP contribution in [0, 0.1) is 17.3 Å². The van der Waals surface area contributed by atoms with Gasteiger partial charge < -0.3 is 10.5 Å². The maximum absolute atomic E-state index is 14.5. The van der Waals surface area contributed by atoms with Crippen molar-refractivity contribution in [2.24, 2.45) is 28.0 Å². The largest absolute Gasteiger partial charge is 0.381 e. The Morgan fingerprint density at radius 2 is 1.86 bits per heavy atom. The highest BCUT2D eigenvalue weighted by Crippen LogP contribution is 2.63. The lowest BCUT2D eigenvalue weighted by molar-refractivity contribution is -0.135. The summed E-state index contributed by atoms with van der Waals surface area (Å²) in [7, 11) is 1.80. The minimum absolute atomic E-state index is 0.110. The van der Waals surface area contributed by atoms with Gasteiger partial charge in [0.15, 0.2) is 11.5 Å². The molecule has 0 aromatic rings. The first-order valence-electron chi connectivity index (χ1n) is 14.2. The standard InChI is InChI=1S/C30H45N3O2/c1-4-22(10-11-23-12-13-23)18-26-21(2)19-29(16-14-25(35-3)15-17-29)30(26)27(34)33(28(31)32-30)20-24-8-6-5-7-9-24/h4,18,23-25H,2,5-17,19-20H2,1,3H3,(H2,31,32). The Kier molecular flexibility index (Phi) is 7.00. The Morgan fingerprint density at radius 1 is 1.14 bits per heavy atom. The topological polar surface area (TPSA) is 67.9 Å². The first-order chi connectivity index (χ1) is 16.9. The number of carbonyl (C=O) groups excluding carboxylic acids is 1. The van der Waals surface area contributed by atoms with Gasteiger partial charge in [-0.2, -0.15) is 0 Å². The number of aliphatic imine (C=N–C) groups is 1. The number of methoxy groups -OCH3 is 1. The van der Waals surface area contributed by atoms with Gasteiger partial charge in [0.25, 0.3) is 5.91 Å². The van der Waals surface area contributed by atoms with Crippen molar-refractivity contribution in [3.63, 3.8) is 0 Å². The molecule has 2 spiro atoms. The van der Waals surface area contributed by atoms with Gasteiger partial charge in [-0.15, -0.1) is 0 Å². The summed E-state index contributed by atoms with van der Waals surface area (Å²) >= 11 is 0. The monoisotopic (exact) mass is 479 g/mol. The Hall–Kier alpha value is -1.88. The quantitative estimate of drug-likeness (QED) is 0.482. The van der Waals surface area contributed by atoms with E-state index in [1.807, 2.05) is 4.90 Å². The van der Waals surface area contributed by atoms with Crippen LogP contribution in [0.2, 0.25) is 0 Å². The third-order valence-corrected chi connectivity index (χ3v) is 9.83. The van der Waals surface area contributed by atoms with E-state index in [1.165, 1.54) is 56.9 Å². The highest BCUT2D eigenvalue weighted by atomic mass is 16.5. The number of guanidine groups is 1. The van der Waals surface area contributed by atoms with Crippen molar-refractivity contribution in [3.05, 3.63) is 35.5 Å². The van der Waals surface area contributed by atoms with Gasteiger partial charge in [0, 0.05) is 19.1 Å². The van der Waals surface area contributed by atoms with Gasteiger partial charge in [-0.1, -0.05) is 56.4 Å². The van der Waals surface area contributed by atoms with Crippen molar-refractivity contribution in [1.29, 1.82) is 0 Å². The summed E-state index contributed by atoms with van der Waals surface area (Å²) in [6.45, 7) is 7.36. The molecule has 5 nitrogen and oxygen atoms in total. The molecule has 5 heteroatoms. The number of allylic oxidation sites excluding steroid dienone is 3. The molecule has 0 saturated heterocycles. The smallest absolute Gasteiger partial charge is 0.262 e. The summed E-state index contributed by atoms with van der Waals surface area (Å²) in [6.07, 6.45) is 20.6. The Labute approximate surface area is 211 Å². The Morgan fingerprint density at radius 3 is 2.49 bits per heavy atom. The summed E-state index contributed by atoms with van der Waals surface area (Å²) in [5, 5.41) is 0. The zero-order chi connectivity index (χ0) is 24.6. The third-order valence-electron chi connectivity index (χ3n) is 9.83. The molecule has 0 radical (unpaired) electrons. The van der Waals surface area contributed by atoms with Gasteiger partial charge in [-0.3, -0.25) is 9.69 Å². The molecule has 0 aromatic carbocycles. The molecule has 1 atom stereocenters. The molecule has 0 aromatic heterocycles. The summed E-state index contributed by atoms with van der Waals surface area (Å²) in [6, 6.07) is 0. The van der Waals surface area contributed by atoms with Gasteiger partial charge in [0.1, 0.15) is 0 Å². The van der Waals surface area contributed by atoms with Crippen molar-refractivity contribution in [2.75, 3.05) is 13.7 Å². The van der Waals surface area contributed by atoms with E-state index in [0.29, 0.717) is 18.4 Å². The second kappa shape index (κ2) is 9.88. The number of hydrogen-bond donors (Lipinski definition) is 1. The summed E-state index contributed by atoms with van der Waals surface area (Å²) in [4.78, 5) is 21.6.